The molecule has 0 aromatic heterocycles. The molecule has 2 aliphatic heterocycles. The Kier molecular flexibility index (Phi) is 2.08. The monoisotopic (exact) mass is 225 g/mol. The van der Waals surface area contributed by atoms with Gasteiger partial charge in [0.25, 0.3) is 0 Å². The third-order valence-electron chi connectivity index (χ3n) is 2.87. The maximum absolute atomic E-state index is 11.1. The largest absolute Gasteiger partial charge is 0.366 e. The van der Waals surface area contributed by atoms with Crippen molar-refractivity contribution in [1.29, 1.82) is 0 Å². The maximum atomic E-state index is 11.1. The van der Waals surface area contributed by atoms with E-state index in [9.17, 15) is 4.79 Å². The number of rotatable bonds is 1. The first-order valence-corrected chi connectivity index (χ1v) is 5.38. The zero-order valence-electron chi connectivity index (χ0n) is 9.13. The summed E-state index contributed by atoms with van der Waals surface area (Å²) in [5.41, 5.74) is 6.86. The number of nitrogens with two attached hydrogens (primary N) is 1. The first kappa shape index (κ1) is 9.84. The van der Waals surface area contributed by atoms with Crippen LogP contribution in [0.4, 0.5) is 0 Å². The highest BCUT2D eigenvalue weighted by atomic mass is 16.1. The molecule has 17 heavy (non-hydrogen) atoms. The number of allylic oxidation sites excluding steroid dienone is 1. The Morgan fingerprint density at radius 1 is 1.41 bits per heavy atom. The Bertz CT molecular complexity index is 670. The van der Waals surface area contributed by atoms with Crippen molar-refractivity contribution >= 4 is 12.1 Å². The molecular weight excluding hydrogens is 214 g/mol. The predicted molar refractivity (Wildman–Crippen MR) is 63.9 cm³/mol. The number of nitrogens with zero attached hydrogens (tertiary/aromatic N) is 2. The van der Waals surface area contributed by atoms with E-state index in [4.69, 9.17) is 5.73 Å². The molecule has 0 spiro atoms. The summed E-state index contributed by atoms with van der Waals surface area (Å²) in [5, 5.41) is 1.75. The highest BCUT2D eigenvalue weighted by Gasteiger charge is 2.10. The molecule has 84 valence electrons. The molecule has 3 rings (SSSR count). The van der Waals surface area contributed by atoms with Crippen molar-refractivity contribution < 1.29 is 4.79 Å². The minimum atomic E-state index is -0.430. The van der Waals surface area contributed by atoms with Crippen molar-refractivity contribution in [2.24, 2.45) is 10.7 Å². The number of benzene rings is 1. The van der Waals surface area contributed by atoms with Crippen molar-refractivity contribution in [2.45, 2.75) is 6.42 Å². The van der Waals surface area contributed by atoms with Crippen LogP contribution in [0, 0.1) is 0 Å². The van der Waals surface area contributed by atoms with E-state index in [1.807, 2.05) is 29.6 Å². The Labute approximate surface area is 98.1 Å². The normalized spacial score (nSPS) is 16.2. The molecule has 0 saturated carbocycles. The summed E-state index contributed by atoms with van der Waals surface area (Å²) in [5.74, 6) is -0.430. The number of amides is 1. The van der Waals surface area contributed by atoms with Gasteiger partial charge >= 0.3 is 0 Å². The lowest BCUT2D eigenvalue weighted by Crippen LogP contribution is -2.28. The van der Waals surface area contributed by atoms with Crippen LogP contribution in [0.5, 0.6) is 0 Å². The summed E-state index contributed by atoms with van der Waals surface area (Å²) in [6.45, 7) is 0. The van der Waals surface area contributed by atoms with Crippen LogP contribution in [0.3, 0.4) is 0 Å². The second kappa shape index (κ2) is 3.59. The Balaban J connectivity index is 2.22. The summed E-state index contributed by atoms with van der Waals surface area (Å²) in [6, 6.07) is 5.30. The number of carbonyl (C=O) groups excluding carboxylic acids is 1. The molecule has 1 aromatic carbocycles. The molecule has 2 heterocycles. The van der Waals surface area contributed by atoms with E-state index in [2.05, 4.69) is 11.1 Å². The first-order chi connectivity index (χ1) is 8.24. The van der Waals surface area contributed by atoms with E-state index in [1.54, 1.807) is 12.1 Å². The predicted octanol–water partition coefficient (Wildman–Crippen LogP) is 0.218. The third-order valence-corrected chi connectivity index (χ3v) is 2.87. The highest BCUT2D eigenvalue weighted by molar-refractivity contribution is 5.92. The van der Waals surface area contributed by atoms with Crippen molar-refractivity contribution in [1.82, 2.24) is 4.90 Å². The number of primary amides is 1. The van der Waals surface area contributed by atoms with Crippen molar-refractivity contribution in [3.63, 3.8) is 0 Å². The molecule has 0 bridgehead atoms. The lowest BCUT2D eigenvalue weighted by molar-refractivity contribution is 0.1000. The molecule has 0 fully saturated rings. The average Bonchev–Trinajstić information content (AvgIpc) is 2.68. The van der Waals surface area contributed by atoms with E-state index < -0.39 is 5.91 Å². The van der Waals surface area contributed by atoms with Crippen molar-refractivity contribution in [3.05, 3.63) is 58.5 Å². The second-order valence-electron chi connectivity index (χ2n) is 4.01. The quantitative estimate of drug-likeness (QED) is 0.743. The zero-order valence-corrected chi connectivity index (χ0v) is 9.13. The standard InChI is InChI=1S/C13H11N3O/c14-13(17)9-3-4-10-8-16-5-1-2-11(16)7-15-12(10)6-9/h1,3-8H,2H2,(H2,14,17). The minimum Gasteiger partial charge on any atom is -0.366 e. The van der Waals surface area contributed by atoms with Crippen LogP contribution in [0.15, 0.2) is 47.4 Å². The molecule has 0 unspecified atom stereocenters. The van der Waals surface area contributed by atoms with Gasteiger partial charge in [-0.3, -0.25) is 9.79 Å². The number of hydrogen-bond donors (Lipinski definition) is 1. The lowest BCUT2D eigenvalue weighted by atomic mass is 10.2. The lowest BCUT2D eigenvalue weighted by Gasteiger charge is -2.10. The van der Waals surface area contributed by atoms with Gasteiger partial charge in [0.05, 0.1) is 5.36 Å². The molecule has 0 aliphatic carbocycles. The summed E-state index contributed by atoms with van der Waals surface area (Å²) < 4.78 is 0. The van der Waals surface area contributed by atoms with Gasteiger partial charge in [-0.25, -0.2) is 0 Å². The van der Waals surface area contributed by atoms with Gasteiger partial charge in [0.1, 0.15) is 0 Å². The van der Waals surface area contributed by atoms with Crippen molar-refractivity contribution in [2.75, 3.05) is 0 Å². The van der Waals surface area contributed by atoms with E-state index in [0.29, 0.717) is 5.56 Å². The third kappa shape index (κ3) is 1.63. The van der Waals surface area contributed by atoms with Crippen LogP contribution < -0.4 is 16.3 Å². The summed E-state index contributed by atoms with van der Waals surface area (Å²) in [4.78, 5) is 17.5. The Morgan fingerprint density at radius 2 is 2.29 bits per heavy atom. The van der Waals surface area contributed by atoms with Crippen LogP contribution >= 0.6 is 0 Å². The Hall–Kier alpha value is -2.36. The number of fused-ring (bicyclic) bond motifs is 2. The van der Waals surface area contributed by atoms with Crippen molar-refractivity contribution in [3.8, 4) is 0 Å². The van der Waals surface area contributed by atoms with Crippen LogP contribution in [0.2, 0.25) is 0 Å². The van der Waals surface area contributed by atoms with Gasteiger partial charge in [0, 0.05) is 41.5 Å². The average molecular weight is 225 g/mol. The van der Waals surface area contributed by atoms with Crippen LogP contribution in [0.1, 0.15) is 16.8 Å². The fraction of sp³-hybridized carbons (Fsp3) is 0.0769. The zero-order chi connectivity index (χ0) is 11.8. The molecule has 2 aliphatic rings. The van der Waals surface area contributed by atoms with Crippen LogP contribution in [-0.4, -0.2) is 10.8 Å². The summed E-state index contributed by atoms with van der Waals surface area (Å²) >= 11 is 0. The molecule has 2 N–H and O–H groups in total. The van der Waals surface area contributed by atoms with Gasteiger partial charge in [0.2, 0.25) is 5.91 Å². The molecule has 4 heteroatoms. The second-order valence-corrected chi connectivity index (χ2v) is 4.01. The van der Waals surface area contributed by atoms with E-state index in [0.717, 1.165) is 22.7 Å². The van der Waals surface area contributed by atoms with Gasteiger partial charge in [-0.05, 0) is 12.1 Å². The van der Waals surface area contributed by atoms with Crippen LogP contribution in [0.25, 0.3) is 6.20 Å². The molecule has 0 saturated heterocycles. The van der Waals surface area contributed by atoms with Gasteiger partial charge in [-0.1, -0.05) is 12.1 Å². The van der Waals surface area contributed by atoms with E-state index in [1.165, 1.54) is 0 Å². The molecule has 0 radical (unpaired) electrons. The SMILES string of the molecule is NC(=O)c1ccc2c(c1)=NC=C1CC=CN1C=2. The fourth-order valence-corrected chi connectivity index (χ4v) is 1.95. The van der Waals surface area contributed by atoms with Gasteiger partial charge in [0.15, 0.2) is 0 Å². The Morgan fingerprint density at radius 3 is 3.12 bits per heavy atom. The molecule has 0 atom stereocenters. The van der Waals surface area contributed by atoms with Gasteiger partial charge < -0.3 is 10.6 Å². The molecular formula is C13H11N3O. The van der Waals surface area contributed by atoms with E-state index >= 15 is 0 Å². The minimum absolute atomic E-state index is 0.430. The maximum Gasteiger partial charge on any atom is 0.248 e. The highest BCUT2D eigenvalue weighted by Crippen LogP contribution is 2.18. The van der Waals surface area contributed by atoms with E-state index in [-0.39, 0.29) is 0 Å². The summed E-state index contributed by atoms with van der Waals surface area (Å²) in [7, 11) is 0. The smallest absolute Gasteiger partial charge is 0.248 e. The molecule has 1 aromatic rings. The van der Waals surface area contributed by atoms with Crippen LogP contribution in [-0.2, 0) is 0 Å². The number of carbonyl (C=O) groups is 1. The fourth-order valence-electron chi connectivity index (χ4n) is 1.95. The molecule has 1 amide bonds. The first-order valence-electron chi connectivity index (χ1n) is 5.38. The summed E-state index contributed by atoms with van der Waals surface area (Å²) in [6.07, 6.45) is 8.81. The van der Waals surface area contributed by atoms with Gasteiger partial charge in [-0.2, -0.15) is 0 Å². The topological polar surface area (TPSA) is 58.7 Å². The molecule has 4 nitrogen and oxygen atoms in total. The number of hydrogen-bond acceptors (Lipinski definition) is 3. The van der Waals surface area contributed by atoms with Gasteiger partial charge in [-0.15, -0.1) is 0 Å².